The molecule has 9 nitrogen and oxygen atoms in total. The lowest BCUT2D eigenvalue weighted by Gasteiger charge is -2.37. The van der Waals surface area contributed by atoms with E-state index in [2.05, 4.69) is 32.4 Å². The number of fused-ring (bicyclic) bond motifs is 6. The first-order chi connectivity index (χ1) is 12.3. The molecule has 3 aromatic rings. The molecule has 1 aliphatic carbocycles. The molecule has 1 aromatic carbocycles. The number of benzene rings is 1. The van der Waals surface area contributed by atoms with E-state index in [-0.39, 0.29) is 6.17 Å². The molecule has 1 unspecified atom stereocenters. The summed E-state index contributed by atoms with van der Waals surface area (Å²) in [6.45, 7) is 0. The molecule has 9 heteroatoms. The molecule has 2 aliphatic heterocycles. The van der Waals surface area contributed by atoms with Gasteiger partial charge in [-0.15, -0.1) is 9.89 Å². The molecule has 0 amide bonds. The zero-order valence-corrected chi connectivity index (χ0v) is 13.1. The van der Waals surface area contributed by atoms with Crippen molar-refractivity contribution in [2.45, 2.75) is 24.6 Å². The standard InChI is InChI=1S/C16H14N8O/c25-16(5-6-16)13-7-19-20-24(13)22-10-18-15-11-3-1-2-4-12(11)21-9-17-8-14(21)23(15)22/h1-4,7-10,15,25H,5-6H2. The zero-order chi connectivity index (χ0) is 16.6. The smallest absolute Gasteiger partial charge is 0.173 e. The molecule has 1 saturated carbocycles. The SMILES string of the molecule is OC1(c2cnnn2N2C=NC3c4ccccc4-n4cncc4N32)CC1. The van der Waals surface area contributed by atoms with Crippen LogP contribution >= 0.6 is 0 Å². The van der Waals surface area contributed by atoms with E-state index >= 15 is 0 Å². The molecule has 124 valence electrons. The Morgan fingerprint density at radius 2 is 2.04 bits per heavy atom. The first-order valence-corrected chi connectivity index (χ1v) is 8.13. The molecule has 0 bridgehead atoms. The quantitative estimate of drug-likeness (QED) is 0.748. The first kappa shape index (κ1) is 13.1. The molecule has 1 atom stereocenters. The third kappa shape index (κ3) is 1.60. The van der Waals surface area contributed by atoms with Gasteiger partial charge in [0.1, 0.15) is 24.0 Å². The summed E-state index contributed by atoms with van der Waals surface area (Å²) in [6, 6.07) is 8.13. The highest BCUT2D eigenvalue weighted by Crippen LogP contribution is 2.46. The number of aliphatic imine (C=N–C) groups is 1. The van der Waals surface area contributed by atoms with Crippen molar-refractivity contribution in [2.24, 2.45) is 4.99 Å². The van der Waals surface area contributed by atoms with E-state index in [1.807, 2.05) is 21.7 Å². The van der Waals surface area contributed by atoms with Crippen LogP contribution in [0.5, 0.6) is 0 Å². The van der Waals surface area contributed by atoms with Gasteiger partial charge in [0.15, 0.2) is 12.0 Å². The summed E-state index contributed by atoms with van der Waals surface area (Å²) in [5.74, 6) is 0.880. The molecule has 0 radical (unpaired) electrons. The molecular weight excluding hydrogens is 320 g/mol. The van der Waals surface area contributed by atoms with Gasteiger partial charge in [-0.05, 0) is 24.1 Å². The topological polar surface area (TPSA) is 87.6 Å². The van der Waals surface area contributed by atoms with E-state index in [0.717, 1.165) is 29.9 Å². The van der Waals surface area contributed by atoms with Gasteiger partial charge in [-0.2, -0.15) is 5.12 Å². The minimum Gasteiger partial charge on any atom is -0.383 e. The van der Waals surface area contributed by atoms with Crippen molar-refractivity contribution in [3.05, 3.63) is 54.2 Å². The fraction of sp³-hybridized carbons (Fsp3) is 0.250. The number of aromatic nitrogens is 5. The van der Waals surface area contributed by atoms with E-state index in [1.54, 1.807) is 35.0 Å². The number of imidazole rings is 1. The zero-order valence-electron chi connectivity index (χ0n) is 13.1. The van der Waals surface area contributed by atoms with Crippen LogP contribution in [0.4, 0.5) is 5.82 Å². The molecule has 0 spiro atoms. The lowest BCUT2D eigenvalue weighted by Crippen LogP contribution is -2.50. The van der Waals surface area contributed by atoms with Gasteiger partial charge in [0, 0.05) is 5.56 Å². The van der Waals surface area contributed by atoms with E-state index in [4.69, 9.17) is 0 Å². The average molecular weight is 334 g/mol. The van der Waals surface area contributed by atoms with Crippen molar-refractivity contribution in [1.29, 1.82) is 0 Å². The fourth-order valence-corrected chi connectivity index (χ4v) is 3.57. The maximum absolute atomic E-state index is 10.5. The average Bonchev–Trinajstić information content (AvgIpc) is 3.12. The van der Waals surface area contributed by atoms with Crippen LogP contribution in [0.15, 0.2) is 48.0 Å². The van der Waals surface area contributed by atoms with Gasteiger partial charge in [-0.25, -0.2) is 15.0 Å². The monoisotopic (exact) mass is 334 g/mol. The largest absolute Gasteiger partial charge is 0.383 e. The first-order valence-electron chi connectivity index (χ1n) is 8.13. The van der Waals surface area contributed by atoms with Crippen molar-refractivity contribution in [2.75, 3.05) is 10.1 Å². The summed E-state index contributed by atoms with van der Waals surface area (Å²) >= 11 is 0. The summed E-state index contributed by atoms with van der Waals surface area (Å²) in [5, 5.41) is 22.5. The Morgan fingerprint density at radius 1 is 1.16 bits per heavy atom. The van der Waals surface area contributed by atoms with Gasteiger partial charge in [-0.1, -0.05) is 18.2 Å². The Bertz CT molecular complexity index is 1020. The van der Waals surface area contributed by atoms with Gasteiger partial charge in [-0.3, -0.25) is 4.57 Å². The van der Waals surface area contributed by atoms with Crippen molar-refractivity contribution in [3.63, 3.8) is 0 Å². The van der Waals surface area contributed by atoms with Crippen LogP contribution < -0.4 is 10.1 Å². The summed E-state index contributed by atoms with van der Waals surface area (Å²) in [7, 11) is 0. The third-order valence-electron chi connectivity index (χ3n) is 5.02. The molecule has 25 heavy (non-hydrogen) atoms. The van der Waals surface area contributed by atoms with Crippen LogP contribution in [0.2, 0.25) is 0 Å². The van der Waals surface area contributed by atoms with Crippen molar-refractivity contribution >= 4 is 12.2 Å². The maximum atomic E-state index is 10.5. The number of anilines is 1. The van der Waals surface area contributed by atoms with Crippen LogP contribution in [0, 0.1) is 0 Å². The molecule has 2 aromatic heterocycles. The lowest BCUT2D eigenvalue weighted by atomic mass is 10.1. The number of hydrogen-bond donors (Lipinski definition) is 1. The van der Waals surface area contributed by atoms with Crippen LogP contribution in [0.3, 0.4) is 0 Å². The van der Waals surface area contributed by atoms with E-state index in [9.17, 15) is 5.11 Å². The highest BCUT2D eigenvalue weighted by molar-refractivity contribution is 5.78. The van der Waals surface area contributed by atoms with Crippen LogP contribution in [-0.4, -0.2) is 36.1 Å². The van der Waals surface area contributed by atoms with Crippen LogP contribution in [0.25, 0.3) is 5.69 Å². The summed E-state index contributed by atoms with van der Waals surface area (Å²) in [4.78, 5) is 10.6. The summed E-state index contributed by atoms with van der Waals surface area (Å²) in [6.07, 6.45) is 8.15. The Kier molecular flexibility index (Phi) is 2.23. The number of para-hydroxylation sites is 1. The van der Waals surface area contributed by atoms with Crippen LogP contribution in [-0.2, 0) is 5.60 Å². The molecule has 0 saturated heterocycles. The summed E-state index contributed by atoms with van der Waals surface area (Å²) in [5.41, 5.74) is 1.97. The Labute approximate surface area is 142 Å². The van der Waals surface area contributed by atoms with Gasteiger partial charge in [0.05, 0.1) is 18.1 Å². The van der Waals surface area contributed by atoms with Gasteiger partial charge in [0.2, 0.25) is 0 Å². The van der Waals surface area contributed by atoms with Crippen LogP contribution in [0.1, 0.15) is 30.3 Å². The number of hydrazine groups is 1. The highest BCUT2D eigenvalue weighted by atomic mass is 16.3. The predicted molar refractivity (Wildman–Crippen MR) is 88.6 cm³/mol. The molecule has 6 rings (SSSR count). The Hall–Kier alpha value is -3.20. The van der Waals surface area contributed by atoms with Gasteiger partial charge in [0.25, 0.3) is 0 Å². The van der Waals surface area contributed by atoms with E-state index < -0.39 is 5.60 Å². The molecule has 1 fully saturated rings. The molecular formula is C16H14N8O. The predicted octanol–water partition coefficient (Wildman–Crippen LogP) is 0.859. The minimum atomic E-state index is -0.844. The number of rotatable bonds is 2. The Morgan fingerprint density at radius 3 is 2.92 bits per heavy atom. The molecule has 4 heterocycles. The minimum absolute atomic E-state index is 0.203. The second kappa shape index (κ2) is 4.25. The lowest BCUT2D eigenvalue weighted by molar-refractivity contribution is 0.140. The van der Waals surface area contributed by atoms with Crippen molar-refractivity contribution < 1.29 is 5.11 Å². The normalized spacial score (nSPS) is 21.9. The van der Waals surface area contributed by atoms with Crippen molar-refractivity contribution in [3.8, 4) is 5.69 Å². The fourth-order valence-electron chi connectivity index (χ4n) is 3.57. The number of nitrogens with zero attached hydrogens (tertiary/aromatic N) is 8. The number of hydrogen-bond acceptors (Lipinski definition) is 7. The maximum Gasteiger partial charge on any atom is 0.173 e. The highest BCUT2D eigenvalue weighted by Gasteiger charge is 2.48. The van der Waals surface area contributed by atoms with E-state index in [1.165, 1.54) is 0 Å². The number of aliphatic hydroxyl groups is 1. The Balaban J connectivity index is 1.52. The third-order valence-corrected chi connectivity index (χ3v) is 5.02. The molecule has 1 N–H and O–H groups in total. The summed E-state index contributed by atoms with van der Waals surface area (Å²) < 4.78 is 2.02. The van der Waals surface area contributed by atoms with Gasteiger partial charge < -0.3 is 5.11 Å². The second-order valence-electron chi connectivity index (χ2n) is 6.52. The second-order valence-corrected chi connectivity index (χ2v) is 6.52. The molecule has 3 aliphatic rings. The van der Waals surface area contributed by atoms with Gasteiger partial charge >= 0.3 is 0 Å². The van der Waals surface area contributed by atoms with E-state index in [0.29, 0.717) is 5.69 Å². The van der Waals surface area contributed by atoms with Crippen molar-refractivity contribution in [1.82, 2.24) is 24.7 Å².